The molecule has 4 rings (SSSR count). The number of carbonyl (C=O) groups is 1. The van der Waals surface area contributed by atoms with E-state index in [2.05, 4.69) is 34.3 Å². The van der Waals surface area contributed by atoms with E-state index in [-0.39, 0.29) is 12.0 Å². The second-order valence-electron chi connectivity index (χ2n) is 5.86. The van der Waals surface area contributed by atoms with Crippen molar-refractivity contribution in [1.82, 2.24) is 9.97 Å². The minimum atomic E-state index is -0.219. The molecule has 1 atom stereocenters. The third-order valence-corrected chi connectivity index (χ3v) is 6.78. The lowest BCUT2D eigenvalue weighted by Crippen LogP contribution is -2.12. The van der Waals surface area contributed by atoms with Crippen molar-refractivity contribution in [3.05, 3.63) is 38.0 Å². The maximum atomic E-state index is 12.5. The Morgan fingerprint density at radius 2 is 2.16 bits per heavy atom. The van der Waals surface area contributed by atoms with Crippen LogP contribution in [0.5, 0.6) is 0 Å². The van der Waals surface area contributed by atoms with Crippen LogP contribution < -0.4 is 5.32 Å². The summed E-state index contributed by atoms with van der Waals surface area (Å²) in [6.45, 7) is 4.87. The molecule has 1 aliphatic rings. The summed E-state index contributed by atoms with van der Waals surface area (Å²) in [5.74, 6) is -0.219. The molecule has 1 aliphatic heterocycles. The van der Waals surface area contributed by atoms with Gasteiger partial charge in [0.1, 0.15) is 16.8 Å². The summed E-state index contributed by atoms with van der Waals surface area (Å²) in [6.07, 6.45) is 2.07. The van der Waals surface area contributed by atoms with Gasteiger partial charge >= 0.3 is 0 Å². The molecule has 0 aromatic carbocycles. The maximum absolute atomic E-state index is 12.5. The summed E-state index contributed by atoms with van der Waals surface area (Å²) in [4.78, 5) is 25.0. The zero-order valence-electron chi connectivity index (χ0n) is 13.9. The van der Waals surface area contributed by atoms with E-state index in [1.807, 2.05) is 6.92 Å². The molecule has 3 aromatic heterocycles. The molecule has 1 fully saturated rings. The lowest BCUT2D eigenvalue weighted by Gasteiger charge is -2.03. The zero-order valence-corrected chi connectivity index (χ0v) is 16.3. The number of ether oxygens (including phenoxy) is 1. The molecular formula is C17H17N3O2S3. The third kappa shape index (κ3) is 3.52. The topological polar surface area (TPSA) is 64.1 Å². The van der Waals surface area contributed by atoms with Crippen LogP contribution in [0.3, 0.4) is 0 Å². The van der Waals surface area contributed by atoms with Crippen molar-refractivity contribution in [3.63, 3.8) is 0 Å². The molecule has 0 saturated carbocycles. The van der Waals surface area contributed by atoms with Crippen molar-refractivity contribution in [1.29, 1.82) is 0 Å². The summed E-state index contributed by atoms with van der Waals surface area (Å²) in [6, 6.07) is 4.15. The summed E-state index contributed by atoms with van der Waals surface area (Å²) in [5.41, 5.74) is 1.37. The van der Waals surface area contributed by atoms with E-state index >= 15 is 0 Å². The number of amides is 1. The summed E-state index contributed by atoms with van der Waals surface area (Å²) < 4.78 is 5.63. The molecule has 0 radical (unpaired) electrons. The molecule has 0 spiro atoms. The molecule has 1 N–H and O–H groups in total. The van der Waals surface area contributed by atoms with E-state index in [1.54, 1.807) is 16.7 Å². The quantitative estimate of drug-likeness (QED) is 0.676. The molecule has 0 unspecified atom stereocenters. The zero-order chi connectivity index (χ0) is 17.4. The number of hydrogen-bond acceptors (Lipinski definition) is 7. The Hall–Kier alpha value is -1.61. The standard InChI is InChI=1S/C17H17N3O2S3/c1-9-5-6-13(24-9)14-10(2)25-17(19-14)20-15(21)11-8-23-16(18-11)12-4-3-7-22-12/h5-6,8,12H,3-4,7H2,1-2H3,(H,19,20,21)/t12-/m1/s1. The summed E-state index contributed by atoms with van der Waals surface area (Å²) >= 11 is 4.68. The number of carbonyl (C=O) groups excluding carboxylic acids is 1. The number of aryl methyl sites for hydroxylation is 2. The monoisotopic (exact) mass is 391 g/mol. The molecule has 8 heteroatoms. The first-order valence-electron chi connectivity index (χ1n) is 8.03. The second-order valence-corrected chi connectivity index (χ2v) is 9.24. The van der Waals surface area contributed by atoms with Crippen molar-refractivity contribution in [2.45, 2.75) is 32.8 Å². The molecule has 3 aromatic rings. The Morgan fingerprint density at radius 3 is 2.88 bits per heavy atom. The summed E-state index contributed by atoms with van der Waals surface area (Å²) in [7, 11) is 0. The average molecular weight is 392 g/mol. The molecule has 130 valence electrons. The molecular weight excluding hydrogens is 374 g/mol. The normalized spacial score (nSPS) is 17.1. The van der Waals surface area contributed by atoms with Crippen molar-refractivity contribution >= 4 is 45.0 Å². The Bertz CT molecular complexity index is 906. The molecule has 0 bridgehead atoms. The van der Waals surface area contributed by atoms with Crippen LogP contribution in [-0.2, 0) is 4.74 Å². The number of rotatable bonds is 4. The van der Waals surface area contributed by atoms with Crippen LogP contribution in [-0.4, -0.2) is 22.5 Å². The Morgan fingerprint density at radius 1 is 1.28 bits per heavy atom. The first-order valence-corrected chi connectivity index (χ1v) is 10.5. The van der Waals surface area contributed by atoms with Crippen molar-refractivity contribution in [3.8, 4) is 10.6 Å². The van der Waals surface area contributed by atoms with Gasteiger partial charge in [-0.1, -0.05) is 0 Å². The molecule has 1 amide bonds. The van der Waals surface area contributed by atoms with Gasteiger partial charge in [-0.3, -0.25) is 10.1 Å². The van der Waals surface area contributed by atoms with Gasteiger partial charge in [-0.15, -0.1) is 34.0 Å². The fourth-order valence-electron chi connectivity index (χ4n) is 2.71. The smallest absolute Gasteiger partial charge is 0.276 e. The predicted molar refractivity (Wildman–Crippen MR) is 103 cm³/mol. The number of thiophene rings is 1. The largest absolute Gasteiger partial charge is 0.371 e. The highest BCUT2D eigenvalue weighted by molar-refractivity contribution is 7.18. The van der Waals surface area contributed by atoms with Crippen LogP contribution in [0.25, 0.3) is 10.6 Å². The number of hydrogen-bond donors (Lipinski definition) is 1. The van der Waals surface area contributed by atoms with Crippen molar-refractivity contribution in [2.75, 3.05) is 11.9 Å². The van der Waals surface area contributed by atoms with Crippen LogP contribution in [0.2, 0.25) is 0 Å². The first-order chi connectivity index (χ1) is 12.1. The molecule has 5 nitrogen and oxygen atoms in total. The number of nitrogens with zero attached hydrogens (tertiary/aromatic N) is 2. The van der Waals surface area contributed by atoms with Crippen LogP contribution in [0, 0.1) is 13.8 Å². The molecule has 25 heavy (non-hydrogen) atoms. The first kappa shape index (κ1) is 16.8. The predicted octanol–water partition coefficient (Wildman–Crippen LogP) is 5.05. The van der Waals surface area contributed by atoms with Gasteiger partial charge in [0.15, 0.2) is 5.13 Å². The average Bonchev–Trinajstić information content (AvgIpc) is 3.33. The van der Waals surface area contributed by atoms with E-state index in [0.29, 0.717) is 10.8 Å². The van der Waals surface area contributed by atoms with E-state index in [9.17, 15) is 4.79 Å². The second kappa shape index (κ2) is 6.95. The highest BCUT2D eigenvalue weighted by Crippen LogP contribution is 2.35. The van der Waals surface area contributed by atoms with Gasteiger partial charge in [-0.05, 0) is 38.8 Å². The van der Waals surface area contributed by atoms with Crippen molar-refractivity contribution < 1.29 is 9.53 Å². The third-order valence-electron chi connectivity index (χ3n) is 3.95. The van der Waals surface area contributed by atoms with E-state index < -0.39 is 0 Å². The van der Waals surface area contributed by atoms with Gasteiger partial charge in [-0.25, -0.2) is 9.97 Å². The minimum Gasteiger partial charge on any atom is -0.371 e. The van der Waals surface area contributed by atoms with Gasteiger partial charge in [0, 0.05) is 21.7 Å². The van der Waals surface area contributed by atoms with Crippen molar-refractivity contribution in [2.24, 2.45) is 0 Å². The van der Waals surface area contributed by atoms with Gasteiger partial charge in [-0.2, -0.15) is 0 Å². The van der Waals surface area contributed by atoms with Crippen LogP contribution in [0.4, 0.5) is 5.13 Å². The van der Waals surface area contributed by atoms with Crippen LogP contribution in [0.1, 0.15) is 44.2 Å². The Labute approximate surface area is 157 Å². The number of nitrogens with one attached hydrogen (secondary N) is 1. The SMILES string of the molecule is Cc1ccc(-c2nc(NC(=O)c3csc([C@H]4CCCO4)n3)sc2C)s1. The number of aromatic nitrogens is 2. The lowest BCUT2D eigenvalue weighted by molar-refractivity contribution is 0.101. The Balaban J connectivity index is 1.49. The minimum absolute atomic E-state index is 0.0438. The fraction of sp³-hybridized carbons (Fsp3) is 0.353. The van der Waals surface area contributed by atoms with Gasteiger partial charge in [0.2, 0.25) is 0 Å². The fourth-order valence-corrected chi connectivity index (χ4v) is 5.40. The molecule has 4 heterocycles. The Kier molecular flexibility index (Phi) is 4.68. The van der Waals surface area contributed by atoms with E-state index in [4.69, 9.17) is 4.74 Å². The highest BCUT2D eigenvalue weighted by Gasteiger charge is 2.23. The van der Waals surface area contributed by atoms with Gasteiger partial charge < -0.3 is 4.74 Å². The number of anilines is 1. The van der Waals surface area contributed by atoms with Crippen LogP contribution in [0.15, 0.2) is 17.5 Å². The summed E-state index contributed by atoms with van der Waals surface area (Å²) in [5, 5.41) is 6.15. The lowest BCUT2D eigenvalue weighted by atomic mass is 10.2. The van der Waals surface area contributed by atoms with Gasteiger partial charge in [0.05, 0.1) is 10.6 Å². The maximum Gasteiger partial charge on any atom is 0.276 e. The number of thiazole rings is 2. The highest BCUT2D eigenvalue weighted by atomic mass is 32.1. The van der Waals surface area contributed by atoms with Crippen LogP contribution >= 0.6 is 34.0 Å². The van der Waals surface area contributed by atoms with E-state index in [1.165, 1.54) is 27.6 Å². The molecule has 1 saturated heterocycles. The van der Waals surface area contributed by atoms with E-state index in [0.717, 1.165) is 39.9 Å². The van der Waals surface area contributed by atoms with Gasteiger partial charge in [0.25, 0.3) is 5.91 Å². The molecule has 0 aliphatic carbocycles.